The van der Waals surface area contributed by atoms with Crippen molar-refractivity contribution in [3.8, 4) is 0 Å². The van der Waals surface area contributed by atoms with Gasteiger partial charge in [0.25, 0.3) is 11.5 Å². The molecule has 0 bridgehead atoms. The lowest BCUT2D eigenvalue weighted by Crippen LogP contribution is -2.31. The number of carbonyl (C=O) groups is 1. The maximum atomic E-state index is 11.9. The van der Waals surface area contributed by atoms with Gasteiger partial charge in [0.05, 0.1) is 6.54 Å². The zero-order valence-electron chi connectivity index (χ0n) is 10.7. The fraction of sp³-hybridized carbons (Fsp3) is 0.214. The van der Waals surface area contributed by atoms with E-state index in [2.05, 4.69) is 10.4 Å². The van der Waals surface area contributed by atoms with Gasteiger partial charge in [-0.2, -0.15) is 5.10 Å². The first-order valence-electron chi connectivity index (χ1n) is 6.04. The Bertz CT molecular complexity index is 634. The number of aryl methyl sites for hydroxylation is 1. The minimum atomic E-state index is -0.174. The summed E-state index contributed by atoms with van der Waals surface area (Å²) >= 11 is 0. The van der Waals surface area contributed by atoms with Crippen LogP contribution < -0.4 is 10.9 Å². The number of nitrogens with zero attached hydrogens (tertiary/aromatic N) is 2. The van der Waals surface area contributed by atoms with Crippen molar-refractivity contribution < 1.29 is 4.79 Å². The molecule has 1 aromatic carbocycles. The molecule has 5 heteroatoms. The van der Waals surface area contributed by atoms with Crippen LogP contribution in [-0.2, 0) is 6.54 Å². The molecule has 0 unspecified atom stereocenters. The summed E-state index contributed by atoms with van der Waals surface area (Å²) in [7, 11) is 0. The maximum absolute atomic E-state index is 11.9. The molecule has 0 saturated heterocycles. The molecule has 2 aromatic rings. The van der Waals surface area contributed by atoms with E-state index in [1.54, 1.807) is 18.3 Å². The number of nitrogens with one attached hydrogen (secondary N) is 1. The summed E-state index contributed by atoms with van der Waals surface area (Å²) in [5, 5.41) is 6.68. The second-order valence-electron chi connectivity index (χ2n) is 4.21. The number of hydrogen-bond acceptors (Lipinski definition) is 3. The molecule has 0 atom stereocenters. The third-order valence-corrected chi connectivity index (χ3v) is 2.67. The average Bonchev–Trinajstić information content (AvgIpc) is 2.41. The van der Waals surface area contributed by atoms with Gasteiger partial charge in [-0.15, -0.1) is 0 Å². The van der Waals surface area contributed by atoms with E-state index in [1.807, 2.05) is 25.1 Å². The van der Waals surface area contributed by atoms with Crippen molar-refractivity contribution >= 4 is 5.91 Å². The molecular weight excluding hydrogens is 242 g/mol. The van der Waals surface area contributed by atoms with E-state index < -0.39 is 0 Å². The van der Waals surface area contributed by atoms with Crippen molar-refractivity contribution in [3.63, 3.8) is 0 Å². The maximum Gasteiger partial charge on any atom is 0.266 e. The summed E-state index contributed by atoms with van der Waals surface area (Å²) in [6.45, 7) is 2.66. The van der Waals surface area contributed by atoms with Gasteiger partial charge in [0.1, 0.15) is 0 Å². The van der Waals surface area contributed by atoms with E-state index in [-0.39, 0.29) is 11.5 Å². The van der Waals surface area contributed by atoms with Gasteiger partial charge in [-0.05, 0) is 25.1 Å². The van der Waals surface area contributed by atoms with Crippen molar-refractivity contribution in [1.82, 2.24) is 15.1 Å². The van der Waals surface area contributed by atoms with Gasteiger partial charge in [-0.25, -0.2) is 4.68 Å². The molecule has 19 heavy (non-hydrogen) atoms. The molecule has 1 amide bonds. The molecule has 2 rings (SSSR count). The van der Waals surface area contributed by atoms with Crippen LogP contribution in [-0.4, -0.2) is 22.2 Å². The molecule has 0 spiro atoms. The average molecular weight is 257 g/mol. The third-order valence-electron chi connectivity index (χ3n) is 2.67. The van der Waals surface area contributed by atoms with E-state index in [0.717, 1.165) is 5.56 Å². The molecular formula is C14H15N3O2. The van der Waals surface area contributed by atoms with Crippen LogP contribution >= 0.6 is 0 Å². The second kappa shape index (κ2) is 5.95. The smallest absolute Gasteiger partial charge is 0.266 e. The SMILES string of the molecule is Cc1cccc(C(=O)NCCn2ncccc2=O)c1. The summed E-state index contributed by atoms with van der Waals surface area (Å²) < 4.78 is 1.32. The molecule has 0 saturated carbocycles. The molecule has 5 nitrogen and oxygen atoms in total. The predicted octanol–water partition coefficient (Wildman–Crippen LogP) is 0.982. The van der Waals surface area contributed by atoms with E-state index >= 15 is 0 Å². The molecule has 1 aromatic heterocycles. The standard InChI is InChI=1S/C14H15N3O2/c1-11-4-2-5-12(10-11)14(19)15-8-9-17-13(18)6-3-7-16-17/h2-7,10H,8-9H2,1H3,(H,15,19). The number of aromatic nitrogens is 2. The van der Waals surface area contributed by atoms with Gasteiger partial charge < -0.3 is 5.32 Å². The highest BCUT2D eigenvalue weighted by Gasteiger charge is 2.04. The second-order valence-corrected chi connectivity index (χ2v) is 4.21. The summed E-state index contributed by atoms with van der Waals surface area (Å²) in [5.74, 6) is -0.146. The van der Waals surface area contributed by atoms with E-state index in [9.17, 15) is 9.59 Å². The van der Waals surface area contributed by atoms with Crippen molar-refractivity contribution in [3.05, 3.63) is 64.1 Å². The largest absolute Gasteiger partial charge is 0.350 e. The number of hydrogen-bond donors (Lipinski definition) is 1. The van der Waals surface area contributed by atoms with E-state index in [4.69, 9.17) is 0 Å². The normalized spacial score (nSPS) is 10.2. The third kappa shape index (κ3) is 3.51. The Kier molecular flexibility index (Phi) is 4.07. The Balaban J connectivity index is 1.91. The van der Waals surface area contributed by atoms with Crippen molar-refractivity contribution in [2.24, 2.45) is 0 Å². The van der Waals surface area contributed by atoms with Gasteiger partial charge in [0.2, 0.25) is 0 Å². The van der Waals surface area contributed by atoms with Crippen LogP contribution in [0.1, 0.15) is 15.9 Å². The minimum absolute atomic E-state index is 0.146. The van der Waals surface area contributed by atoms with Crippen LogP contribution in [0, 0.1) is 6.92 Å². The highest BCUT2D eigenvalue weighted by molar-refractivity contribution is 5.94. The van der Waals surface area contributed by atoms with Crippen LogP contribution in [0.15, 0.2) is 47.4 Å². The fourth-order valence-corrected chi connectivity index (χ4v) is 1.72. The zero-order chi connectivity index (χ0) is 13.7. The first kappa shape index (κ1) is 13.0. The molecule has 1 heterocycles. The fourth-order valence-electron chi connectivity index (χ4n) is 1.72. The number of carbonyl (C=O) groups excluding carboxylic acids is 1. The molecule has 0 radical (unpaired) electrons. The molecule has 0 fully saturated rings. The Morgan fingerprint density at radius 2 is 2.16 bits per heavy atom. The summed E-state index contributed by atoms with van der Waals surface area (Å²) in [6.07, 6.45) is 1.55. The first-order chi connectivity index (χ1) is 9.16. The predicted molar refractivity (Wildman–Crippen MR) is 72.0 cm³/mol. The summed E-state index contributed by atoms with van der Waals surface area (Å²) in [4.78, 5) is 23.3. The quantitative estimate of drug-likeness (QED) is 0.888. The molecule has 1 N–H and O–H groups in total. The first-order valence-corrected chi connectivity index (χ1v) is 6.04. The monoisotopic (exact) mass is 257 g/mol. The lowest BCUT2D eigenvalue weighted by Gasteiger charge is -2.06. The van der Waals surface area contributed by atoms with Crippen LogP contribution in [0.3, 0.4) is 0 Å². The van der Waals surface area contributed by atoms with Gasteiger partial charge >= 0.3 is 0 Å². The topological polar surface area (TPSA) is 64.0 Å². The van der Waals surface area contributed by atoms with Crippen molar-refractivity contribution in [1.29, 1.82) is 0 Å². The zero-order valence-corrected chi connectivity index (χ0v) is 10.7. The van der Waals surface area contributed by atoms with Crippen LogP contribution in [0.25, 0.3) is 0 Å². The Morgan fingerprint density at radius 1 is 1.32 bits per heavy atom. The van der Waals surface area contributed by atoms with Crippen molar-refractivity contribution in [2.45, 2.75) is 13.5 Å². The Hall–Kier alpha value is -2.43. The van der Waals surface area contributed by atoms with Gasteiger partial charge in [0.15, 0.2) is 0 Å². The Morgan fingerprint density at radius 3 is 2.89 bits per heavy atom. The molecule has 0 aliphatic rings. The molecule has 98 valence electrons. The Labute approximate surface area is 110 Å². The van der Waals surface area contributed by atoms with Gasteiger partial charge in [-0.1, -0.05) is 17.7 Å². The van der Waals surface area contributed by atoms with E-state index in [1.165, 1.54) is 10.7 Å². The van der Waals surface area contributed by atoms with Crippen LogP contribution in [0.2, 0.25) is 0 Å². The van der Waals surface area contributed by atoms with Crippen LogP contribution in [0.5, 0.6) is 0 Å². The lowest BCUT2D eigenvalue weighted by atomic mass is 10.1. The number of amides is 1. The van der Waals surface area contributed by atoms with E-state index in [0.29, 0.717) is 18.7 Å². The highest BCUT2D eigenvalue weighted by atomic mass is 16.1. The highest BCUT2D eigenvalue weighted by Crippen LogP contribution is 2.03. The number of rotatable bonds is 4. The summed E-state index contributed by atoms with van der Waals surface area (Å²) in [5.41, 5.74) is 1.48. The minimum Gasteiger partial charge on any atom is -0.350 e. The van der Waals surface area contributed by atoms with Crippen molar-refractivity contribution in [2.75, 3.05) is 6.54 Å². The van der Waals surface area contributed by atoms with Gasteiger partial charge in [0, 0.05) is 24.4 Å². The molecule has 0 aliphatic carbocycles. The van der Waals surface area contributed by atoms with Gasteiger partial charge in [-0.3, -0.25) is 9.59 Å². The summed E-state index contributed by atoms with van der Waals surface area (Å²) in [6, 6.07) is 10.4. The lowest BCUT2D eigenvalue weighted by molar-refractivity contribution is 0.0951. The van der Waals surface area contributed by atoms with Crippen LogP contribution in [0.4, 0.5) is 0 Å². The number of benzene rings is 1. The molecule has 0 aliphatic heterocycles.